The Hall–Kier alpha value is -3.23. The van der Waals surface area contributed by atoms with Gasteiger partial charge in [-0.15, -0.1) is 0 Å². The average Bonchev–Trinajstić information content (AvgIpc) is 2.70. The molecule has 0 unspecified atom stereocenters. The molecule has 3 rings (SSSR count). The Morgan fingerprint density at radius 3 is 2.35 bits per heavy atom. The zero-order valence-corrected chi connectivity index (χ0v) is 19.0. The number of carbonyl (C=O) groups excluding carboxylic acids is 1. The molecule has 2 aromatic rings. The smallest absolute Gasteiger partial charge is 0.410 e. The number of anilines is 5. The first-order valence-corrected chi connectivity index (χ1v) is 10.6. The highest BCUT2D eigenvalue weighted by atomic mass is 16.6. The van der Waals surface area contributed by atoms with Gasteiger partial charge in [-0.3, -0.25) is 0 Å². The van der Waals surface area contributed by atoms with E-state index in [1.54, 1.807) is 11.1 Å². The lowest BCUT2D eigenvalue weighted by Gasteiger charge is -2.36. The number of nitrogens with two attached hydrogens (primary N) is 1. The summed E-state index contributed by atoms with van der Waals surface area (Å²) in [5, 5.41) is 6.43. The molecule has 31 heavy (non-hydrogen) atoms. The molecule has 0 spiro atoms. The number of benzene rings is 1. The van der Waals surface area contributed by atoms with Crippen molar-refractivity contribution in [2.45, 2.75) is 46.3 Å². The lowest BCUT2D eigenvalue weighted by Crippen LogP contribution is -2.50. The third kappa shape index (κ3) is 6.37. The van der Waals surface area contributed by atoms with Gasteiger partial charge < -0.3 is 30.9 Å². The maximum absolute atomic E-state index is 12.2. The van der Waals surface area contributed by atoms with E-state index in [0.717, 1.165) is 24.5 Å². The summed E-state index contributed by atoms with van der Waals surface area (Å²) >= 11 is 0. The van der Waals surface area contributed by atoms with Crippen molar-refractivity contribution < 1.29 is 9.53 Å². The van der Waals surface area contributed by atoms with Gasteiger partial charge in [-0.25, -0.2) is 9.78 Å². The average molecular weight is 428 g/mol. The van der Waals surface area contributed by atoms with Crippen molar-refractivity contribution in [3.63, 3.8) is 0 Å². The fourth-order valence-corrected chi connectivity index (χ4v) is 3.20. The number of nitrogens with one attached hydrogen (secondary N) is 2. The van der Waals surface area contributed by atoms with E-state index in [1.165, 1.54) is 0 Å². The number of hydrogen-bond acceptors (Lipinski definition) is 8. The van der Waals surface area contributed by atoms with Crippen LogP contribution in [0.25, 0.3) is 0 Å². The highest BCUT2D eigenvalue weighted by Gasteiger charge is 2.25. The van der Waals surface area contributed by atoms with Crippen LogP contribution < -0.4 is 21.3 Å². The van der Waals surface area contributed by atoms with Crippen LogP contribution in [0.1, 0.15) is 34.6 Å². The number of nitrogens with zero attached hydrogens (tertiary/aromatic N) is 4. The first-order valence-electron chi connectivity index (χ1n) is 10.6. The third-order valence-electron chi connectivity index (χ3n) is 4.66. The topological polar surface area (TPSA) is 109 Å². The summed E-state index contributed by atoms with van der Waals surface area (Å²) in [7, 11) is 0. The van der Waals surface area contributed by atoms with Crippen LogP contribution in [0, 0.1) is 0 Å². The number of amides is 1. The second kappa shape index (κ2) is 9.28. The second-order valence-electron chi connectivity index (χ2n) is 8.92. The molecule has 1 aromatic carbocycles. The van der Waals surface area contributed by atoms with E-state index in [-0.39, 0.29) is 12.1 Å². The van der Waals surface area contributed by atoms with Crippen LogP contribution >= 0.6 is 0 Å². The lowest BCUT2D eigenvalue weighted by atomic mass is 10.2. The van der Waals surface area contributed by atoms with Crippen molar-refractivity contribution in [1.82, 2.24) is 14.9 Å². The Morgan fingerprint density at radius 2 is 1.77 bits per heavy atom. The molecule has 1 aliphatic heterocycles. The molecule has 168 valence electrons. The van der Waals surface area contributed by atoms with E-state index in [0.29, 0.717) is 30.5 Å². The molecule has 1 aromatic heterocycles. The fourth-order valence-electron chi connectivity index (χ4n) is 3.20. The van der Waals surface area contributed by atoms with Crippen molar-refractivity contribution in [2.24, 2.45) is 0 Å². The van der Waals surface area contributed by atoms with Gasteiger partial charge in [-0.2, -0.15) is 4.98 Å². The zero-order valence-electron chi connectivity index (χ0n) is 19.0. The van der Waals surface area contributed by atoms with Crippen molar-refractivity contribution in [1.29, 1.82) is 0 Å². The molecule has 0 radical (unpaired) electrons. The molecule has 9 heteroatoms. The van der Waals surface area contributed by atoms with Crippen LogP contribution in [0.3, 0.4) is 0 Å². The number of ether oxygens (including phenoxy) is 1. The van der Waals surface area contributed by atoms with Crippen LogP contribution in [0.4, 0.5) is 33.6 Å². The molecule has 1 aliphatic rings. The van der Waals surface area contributed by atoms with Gasteiger partial charge in [0.2, 0.25) is 5.95 Å². The molecule has 0 saturated carbocycles. The molecule has 0 bridgehead atoms. The predicted molar refractivity (Wildman–Crippen MR) is 125 cm³/mol. The van der Waals surface area contributed by atoms with Crippen LogP contribution in [0.2, 0.25) is 0 Å². The van der Waals surface area contributed by atoms with Gasteiger partial charge in [0, 0.05) is 43.6 Å². The molecule has 1 amide bonds. The molecular formula is C22H33N7O2. The molecule has 2 heterocycles. The lowest BCUT2D eigenvalue weighted by molar-refractivity contribution is 0.0240. The van der Waals surface area contributed by atoms with Crippen LogP contribution in [0.5, 0.6) is 0 Å². The quantitative estimate of drug-likeness (QED) is 0.663. The Bertz CT molecular complexity index is 886. The minimum absolute atomic E-state index is 0.222. The molecule has 4 N–H and O–H groups in total. The zero-order chi connectivity index (χ0) is 22.6. The maximum Gasteiger partial charge on any atom is 0.410 e. The van der Waals surface area contributed by atoms with Crippen molar-refractivity contribution >= 4 is 34.9 Å². The Morgan fingerprint density at radius 1 is 1.13 bits per heavy atom. The largest absolute Gasteiger partial charge is 0.444 e. The third-order valence-corrected chi connectivity index (χ3v) is 4.66. The van der Waals surface area contributed by atoms with Crippen LogP contribution in [-0.4, -0.2) is 58.8 Å². The van der Waals surface area contributed by atoms with Crippen LogP contribution in [-0.2, 0) is 4.74 Å². The van der Waals surface area contributed by atoms with Gasteiger partial charge in [0.1, 0.15) is 5.60 Å². The summed E-state index contributed by atoms with van der Waals surface area (Å²) in [6, 6.07) is 8.31. The summed E-state index contributed by atoms with van der Waals surface area (Å²) in [6.45, 7) is 12.5. The molecule has 1 fully saturated rings. The highest BCUT2D eigenvalue weighted by molar-refractivity contribution is 5.69. The molecule has 1 saturated heterocycles. The SMILES string of the molecule is CC(C)Nc1nc(Nc2ccc(N3CCN(C(=O)OC(C)(C)C)CC3)cc2)ncc1N. The Labute approximate surface area is 184 Å². The number of aromatic nitrogens is 2. The second-order valence-corrected chi connectivity index (χ2v) is 8.92. The van der Waals surface area contributed by atoms with Gasteiger partial charge in [0.25, 0.3) is 0 Å². The van der Waals surface area contributed by atoms with Crippen molar-refractivity contribution in [3.05, 3.63) is 30.5 Å². The number of nitrogen functional groups attached to an aromatic ring is 1. The van der Waals surface area contributed by atoms with Gasteiger partial charge >= 0.3 is 6.09 Å². The number of hydrogen-bond donors (Lipinski definition) is 3. The van der Waals surface area contributed by atoms with Gasteiger partial charge in [-0.1, -0.05) is 0 Å². The van der Waals surface area contributed by atoms with E-state index in [9.17, 15) is 4.79 Å². The Balaban J connectivity index is 1.57. The molecule has 9 nitrogen and oxygen atoms in total. The minimum atomic E-state index is -0.475. The van der Waals surface area contributed by atoms with E-state index in [1.807, 2.05) is 46.8 Å². The van der Waals surface area contributed by atoms with Gasteiger partial charge in [0.05, 0.1) is 11.9 Å². The molecular weight excluding hydrogens is 394 g/mol. The van der Waals surface area contributed by atoms with E-state index in [4.69, 9.17) is 10.5 Å². The van der Waals surface area contributed by atoms with Gasteiger partial charge in [0.15, 0.2) is 5.82 Å². The molecule has 0 atom stereocenters. The van der Waals surface area contributed by atoms with E-state index >= 15 is 0 Å². The van der Waals surface area contributed by atoms with E-state index in [2.05, 4.69) is 37.6 Å². The predicted octanol–water partition coefficient (Wildman–Crippen LogP) is 3.68. The highest BCUT2D eigenvalue weighted by Crippen LogP contribution is 2.23. The van der Waals surface area contributed by atoms with Crippen molar-refractivity contribution in [3.8, 4) is 0 Å². The van der Waals surface area contributed by atoms with Crippen LogP contribution in [0.15, 0.2) is 30.5 Å². The summed E-state index contributed by atoms with van der Waals surface area (Å²) in [4.78, 5) is 25.0. The summed E-state index contributed by atoms with van der Waals surface area (Å²) in [6.07, 6.45) is 1.35. The van der Waals surface area contributed by atoms with Crippen molar-refractivity contribution in [2.75, 3.05) is 47.4 Å². The van der Waals surface area contributed by atoms with E-state index < -0.39 is 5.60 Å². The number of piperazine rings is 1. The van der Waals surface area contributed by atoms with Gasteiger partial charge in [-0.05, 0) is 58.9 Å². The standard InChI is InChI=1S/C22H33N7O2/c1-15(2)25-19-18(23)14-24-20(27-19)26-16-6-8-17(9-7-16)28-10-12-29(13-11-28)21(30)31-22(3,4)5/h6-9,14-15H,10-13,23H2,1-5H3,(H2,24,25,26,27). The number of carbonyl (C=O) groups is 1. The normalized spacial score (nSPS) is 14.5. The minimum Gasteiger partial charge on any atom is -0.444 e. The first-order chi connectivity index (χ1) is 14.6. The fraction of sp³-hybridized carbons (Fsp3) is 0.500. The Kier molecular flexibility index (Phi) is 6.72. The molecule has 0 aliphatic carbocycles. The monoisotopic (exact) mass is 427 g/mol. The summed E-state index contributed by atoms with van der Waals surface area (Å²) in [5.41, 5.74) is 7.97. The maximum atomic E-state index is 12.2. The number of rotatable bonds is 5. The summed E-state index contributed by atoms with van der Waals surface area (Å²) in [5.74, 6) is 1.10. The first kappa shape index (κ1) is 22.5. The summed E-state index contributed by atoms with van der Waals surface area (Å²) < 4.78 is 5.46.